The van der Waals surface area contributed by atoms with E-state index in [-0.39, 0.29) is 5.91 Å². The molecule has 1 heterocycles. The predicted octanol–water partition coefficient (Wildman–Crippen LogP) is 2.92. The second-order valence-electron chi connectivity index (χ2n) is 8.18. The maximum Gasteiger partial charge on any atom is 0.219 e. The zero-order chi connectivity index (χ0) is 17.3. The fourth-order valence-electron chi connectivity index (χ4n) is 3.85. The molecule has 5 heteroatoms. The summed E-state index contributed by atoms with van der Waals surface area (Å²) in [6.07, 6.45) is 1.23. The summed E-state index contributed by atoms with van der Waals surface area (Å²) < 4.78 is 6.32. The molecule has 0 aromatic heterocycles. The Kier molecular flexibility index (Phi) is 5.21. The molecule has 2 atom stereocenters. The van der Waals surface area contributed by atoms with Gasteiger partial charge in [-0.25, -0.2) is 0 Å². The van der Waals surface area contributed by atoms with Crippen LogP contribution in [0.5, 0.6) is 5.75 Å². The van der Waals surface area contributed by atoms with Crippen molar-refractivity contribution in [1.82, 2.24) is 4.90 Å². The minimum atomic E-state index is -1.21. The van der Waals surface area contributed by atoms with Gasteiger partial charge in [-0.1, -0.05) is 19.6 Å². The summed E-state index contributed by atoms with van der Waals surface area (Å²) in [5.74, 6) is 1.06. The van der Waals surface area contributed by atoms with Crippen molar-refractivity contribution < 1.29 is 14.0 Å². The fraction of sp³-hybridized carbons (Fsp3) is 0.611. The van der Waals surface area contributed by atoms with Gasteiger partial charge in [-0.3, -0.25) is 4.79 Å². The third kappa shape index (κ3) is 4.35. The molecule has 0 aliphatic carbocycles. The lowest BCUT2D eigenvalue weighted by Crippen LogP contribution is -2.63. The van der Waals surface area contributed by atoms with E-state index in [1.165, 1.54) is 11.7 Å². The molecule has 0 N–H and O–H groups in total. The van der Waals surface area contributed by atoms with Crippen LogP contribution in [0.25, 0.3) is 0 Å². The predicted molar refractivity (Wildman–Crippen MR) is 97.3 cm³/mol. The highest BCUT2D eigenvalue weighted by atomic mass is 28.3. The zero-order valence-corrected chi connectivity index (χ0v) is 16.4. The van der Waals surface area contributed by atoms with Crippen LogP contribution in [0.2, 0.25) is 19.6 Å². The molecule has 1 aromatic rings. The van der Waals surface area contributed by atoms with Crippen molar-refractivity contribution in [3.63, 3.8) is 0 Å². The van der Waals surface area contributed by atoms with E-state index in [0.717, 1.165) is 29.9 Å². The van der Waals surface area contributed by atoms with Gasteiger partial charge in [0, 0.05) is 12.5 Å². The molecule has 1 aliphatic heterocycles. The molecule has 0 spiro atoms. The number of hydrogen-bond acceptors (Lipinski definition) is 2. The summed E-state index contributed by atoms with van der Waals surface area (Å²) in [5.41, 5.74) is 1.30. The molecule has 1 amide bonds. The van der Waals surface area contributed by atoms with E-state index in [2.05, 4.69) is 38.8 Å². The first-order chi connectivity index (χ1) is 10.6. The van der Waals surface area contributed by atoms with Gasteiger partial charge < -0.3 is 14.1 Å². The zero-order valence-electron chi connectivity index (χ0n) is 15.4. The normalized spacial score (nSPS) is 25.3. The van der Waals surface area contributed by atoms with Gasteiger partial charge >= 0.3 is 0 Å². The number of piperazine rings is 1. The van der Waals surface area contributed by atoms with Gasteiger partial charge in [0.05, 0.1) is 40.0 Å². The number of quaternary nitrogens is 1. The van der Waals surface area contributed by atoms with Crippen LogP contribution in [-0.4, -0.2) is 63.3 Å². The number of methoxy groups -OCH3 is 1. The monoisotopic (exact) mass is 335 g/mol. The van der Waals surface area contributed by atoms with E-state index < -0.39 is 8.07 Å². The number of carbonyl (C=O) groups excluding carboxylic acids is 1. The van der Waals surface area contributed by atoms with Crippen molar-refractivity contribution in [2.75, 3.05) is 40.0 Å². The Morgan fingerprint density at radius 2 is 1.91 bits per heavy atom. The summed E-state index contributed by atoms with van der Waals surface area (Å²) in [6.45, 7) is 11.7. The van der Waals surface area contributed by atoms with E-state index in [0.29, 0.717) is 6.04 Å². The van der Waals surface area contributed by atoms with Crippen LogP contribution in [0.1, 0.15) is 18.5 Å². The molecule has 1 aromatic carbocycles. The lowest BCUT2D eigenvalue weighted by molar-refractivity contribution is -0.934. The Hall–Kier alpha value is -1.33. The molecule has 2 rings (SSSR count). The Bertz CT molecular complexity index is 553. The fourth-order valence-corrected chi connectivity index (χ4v) is 6.40. The molecule has 4 nitrogen and oxygen atoms in total. The molecular formula is C18H31N2O2Si+. The average Bonchev–Trinajstić information content (AvgIpc) is 2.45. The number of hydrogen-bond donors (Lipinski definition) is 0. The first-order valence-electron chi connectivity index (χ1n) is 8.38. The molecular weight excluding hydrogens is 304 g/mol. The van der Waals surface area contributed by atoms with Crippen LogP contribution >= 0.6 is 0 Å². The Labute approximate surface area is 141 Å². The standard InChI is InChI=1S/C18H31N2O2Si/c1-15(21)19-11-12-20(2,14-23(4,5)6)18(13-19)16-7-9-17(22-3)10-8-16/h7-10,18H,11-14H2,1-6H3/q+1. The van der Waals surface area contributed by atoms with Gasteiger partial charge in [0.25, 0.3) is 0 Å². The second-order valence-corrected chi connectivity index (χ2v) is 13.6. The number of amides is 1. The number of rotatable bonds is 4. The SMILES string of the molecule is COc1ccc(C2CN(C(C)=O)CC[N+]2(C)C[Si](C)(C)C)cc1. The first-order valence-corrected chi connectivity index (χ1v) is 12.1. The minimum Gasteiger partial charge on any atom is -0.497 e. The van der Waals surface area contributed by atoms with Gasteiger partial charge in [0.1, 0.15) is 19.9 Å². The van der Waals surface area contributed by atoms with Gasteiger partial charge in [-0.15, -0.1) is 0 Å². The van der Waals surface area contributed by atoms with Crippen molar-refractivity contribution in [2.24, 2.45) is 0 Å². The highest BCUT2D eigenvalue weighted by molar-refractivity contribution is 6.76. The molecule has 0 saturated carbocycles. The van der Waals surface area contributed by atoms with Crippen LogP contribution in [0.4, 0.5) is 0 Å². The maximum absolute atomic E-state index is 11.9. The van der Waals surface area contributed by atoms with Gasteiger partial charge in [0.2, 0.25) is 5.91 Å². The number of carbonyl (C=O) groups is 1. The second kappa shape index (κ2) is 6.65. The van der Waals surface area contributed by atoms with E-state index in [4.69, 9.17) is 4.74 Å². The Morgan fingerprint density at radius 3 is 2.39 bits per heavy atom. The van der Waals surface area contributed by atoms with E-state index in [1.54, 1.807) is 14.0 Å². The molecule has 1 aliphatic rings. The van der Waals surface area contributed by atoms with Crippen molar-refractivity contribution in [3.8, 4) is 5.75 Å². The van der Waals surface area contributed by atoms with Gasteiger partial charge in [0.15, 0.2) is 0 Å². The van der Waals surface area contributed by atoms with Crippen molar-refractivity contribution >= 4 is 14.0 Å². The van der Waals surface area contributed by atoms with E-state index in [1.807, 2.05) is 17.0 Å². The van der Waals surface area contributed by atoms with Crippen molar-refractivity contribution in [3.05, 3.63) is 29.8 Å². The smallest absolute Gasteiger partial charge is 0.219 e. The lowest BCUT2D eigenvalue weighted by atomic mass is 10.0. The summed E-state index contributed by atoms with van der Waals surface area (Å²) in [6, 6.07) is 8.72. The van der Waals surface area contributed by atoms with Gasteiger partial charge in [-0.05, 0) is 24.3 Å². The summed E-state index contributed by atoms with van der Waals surface area (Å²) >= 11 is 0. The summed E-state index contributed by atoms with van der Waals surface area (Å²) in [4.78, 5) is 13.9. The van der Waals surface area contributed by atoms with E-state index in [9.17, 15) is 4.79 Å². The summed E-state index contributed by atoms with van der Waals surface area (Å²) in [7, 11) is 2.84. The maximum atomic E-state index is 11.9. The van der Waals surface area contributed by atoms with Crippen molar-refractivity contribution in [2.45, 2.75) is 32.6 Å². The highest BCUT2D eigenvalue weighted by Crippen LogP contribution is 2.33. The molecule has 0 radical (unpaired) electrons. The highest BCUT2D eigenvalue weighted by Gasteiger charge is 2.43. The molecule has 1 fully saturated rings. The van der Waals surface area contributed by atoms with Crippen molar-refractivity contribution in [1.29, 1.82) is 0 Å². The van der Waals surface area contributed by atoms with Crippen LogP contribution in [0.3, 0.4) is 0 Å². The number of benzene rings is 1. The van der Waals surface area contributed by atoms with E-state index >= 15 is 0 Å². The van der Waals surface area contributed by atoms with Gasteiger partial charge in [-0.2, -0.15) is 0 Å². The van der Waals surface area contributed by atoms with Crippen LogP contribution in [-0.2, 0) is 4.79 Å². The Balaban J connectivity index is 2.34. The molecule has 0 bridgehead atoms. The molecule has 23 heavy (non-hydrogen) atoms. The van der Waals surface area contributed by atoms with Crippen LogP contribution in [0, 0.1) is 0 Å². The third-order valence-electron chi connectivity index (χ3n) is 4.81. The molecule has 128 valence electrons. The number of nitrogens with zero attached hydrogens (tertiary/aromatic N) is 2. The minimum absolute atomic E-state index is 0.183. The molecule has 1 saturated heterocycles. The van der Waals surface area contributed by atoms with Crippen LogP contribution in [0.15, 0.2) is 24.3 Å². The van der Waals surface area contributed by atoms with Crippen LogP contribution < -0.4 is 4.74 Å². The quantitative estimate of drug-likeness (QED) is 0.625. The average molecular weight is 336 g/mol. The number of likely N-dealkylation sites (N-methyl/N-ethyl adjacent to an activating group) is 1. The summed E-state index contributed by atoms with van der Waals surface area (Å²) in [5, 5.41) is 0. The first kappa shape index (κ1) is 18.0. The third-order valence-corrected chi connectivity index (χ3v) is 6.48. The largest absolute Gasteiger partial charge is 0.497 e. The topological polar surface area (TPSA) is 29.5 Å². The Morgan fingerprint density at radius 1 is 1.30 bits per heavy atom. The number of ether oxygens (including phenoxy) is 1. The lowest BCUT2D eigenvalue weighted by Gasteiger charge is -2.50. The molecule has 2 unspecified atom stereocenters.